The van der Waals surface area contributed by atoms with E-state index in [0.29, 0.717) is 12.0 Å². The molecule has 0 bridgehead atoms. The van der Waals surface area contributed by atoms with Crippen LogP contribution in [0.1, 0.15) is 61.5 Å². The molecule has 0 aromatic carbocycles. The Balaban J connectivity index is 1.85. The van der Waals surface area contributed by atoms with Crippen molar-refractivity contribution < 1.29 is 4.74 Å². The lowest BCUT2D eigenvalue weighted by molar-refractivity contribution is -0.0979. The topological polar surface area (TPSA) is 39.1 Å². The zero-order chi connectivity index (χ0) is 15.0. The Morgan fingerprint density at radius 3 is 2.62 bits per heavy atom. The second-order valence-corrected chi connectivity index (χ2v) is 6.97. The lowest BCUT2D eigenvalue weighted by Crippen LogP contribution is -2.41. The molecule has 2 unspecified atom stereocenters. The molecule has 2 fully saturated rings. The number of ether oxygens (including phenoxy) is 1. The molecule has 4 heteroatoms. The lowest BCUT2D eigenvalue weighted by Gasteiger charge is -2.41. The van der Waals surface area contributed by atoms with Crippen LogP contribution in [0.15, 0.2) is 0 Å². The van der Waals surface area contributed by atoms with Crippen LogP contribution in [-0.2, 0) is 11.8 Å². The van der Waals surface area contributed by atoms with E-state index in [4.69, 9.17) is 4.74 Å². The van der Waals surface area contributed by atoms with Crippen LogP contribution in [0.3, 0.4) is 0 Å². The van der Waals surface area contributed by atoms with Crippen molar-refractivity contribution in [2.75, 3.05) is 13.7 Å². The average Bonchev–Trinajstić information content (AvgIpc) is 3.00. The summed E-state index contributed by atoms with van der Waals surface area (Å²) < 4.78 is 8.22. The quantitative estimate of drug-likeness (QED) is 0.930. The molecule has 21 heavy (non-hydrogen) atoms. The van der Waals surface area contributed by atoms with Crippen LogP contribution in [0.2, 0.25) is 0 Å². The molecule has 1 aliphatic carbocycles. The van der Waals surface area contributed by atoms with Crippen molar-refractivity contribution in [2.45, 2.75) is 64.0 Å². The first kappa shape index (κ1) is 15.0. The van der Waals surface area contributed by atoms with E-state index in [1.54, 1.807) is 0 Å². The smallest absolute Gasteiger partial charge is 0.0686 e. The van der Waals surface area contributed by atoms with Gasteiger partial charge >= 0.3 is 0 Å². The molecule has 1 N–H and O–H groups in total. The van der Waals surface area contributed by atoms with Gasteiger partial charge in [0, 0.05) is 31.0 Å². The van der Waals surface area contributed by atoms with Gasteiger partial charge < -0.3 is 10.1 Å². The van der Waals surface area contributed by atoms with Crippen LogP contribution in [-0.4, -0.2) is 29.0 Å². The largest absolute Gasteiger partial charge is 0.375 e. The van der Waals surface area contributed by atoms with Gasteiger partial charge in [0.15, 0.2) is 0 Å². The van der Waals surface area contributed by atoms with Crippen molar-refractivity contribution in [3.05, 3.63) is 17.0 Å². The molecule has 1 saturated heterocycles. The number of aromatic nitrogens is 2. The first-order valence-corrected chi connectivity index (χ1v) is 8.38. The van der Waals surface area contributed by atoms with Crippen LogP contribution >= 0.6 is 0 Å². The summed E-state index contributed by atoms with van der Waals surface area (Å²) in [6, 6.07) is 0.403. The van der Waals surface area contributed by atoms with Crippen LogP contribution in [0, 0.1) is 19.8 Å². The molecule has 118 valence electrons. The standard InChI is InChI=1S/C17H29N3O/c1-12-15(13(2)20(4)19-12)16(18-3)14-7-10-21-17(11-14)8-5-6-9-17/h14,16,18H,5-11H2,1-4H3. The number of hydrogen-bond acceptors (Lipinski definition) is 3. The highest BCUT2D eigenvalue weighted by molar-refractivity contribution is 5.29. The number of nitrogens with one attached hydrogen (secondary N) is 1. The average molecular weight is 291 g/mol. The lowest BCUT2D eigenvalue weighted by atomic mass is 9.78. The molecule has 2 atom stereocenters. The van der Waals surface area contributed by atoms with Crippen LogP contribution < -0.4 is 5.32 Å². The van der Waals surface area contributed by atoms with Crippen molar-refractivity contribution >= 4 is 0 Å². The summed E-state index contributed by atoms with van der Waals surface area (Å²) in [5.74, 6) is 0.656. The van der Waals surface area contributed by atoms with Gasteiger partial charge in [-0.05, 0) is 52.5 Å². The minimum atomic E-state index is 0.183. The zero-order valence-electron chi connectivity index (χ0n) is 13.9. The fourth-order valence-corrected chi connectivity index (χ4v) is 4.57. The third-order valence-corrected chi connectivity index (χ3v) is 5.70. The molecular formula is C17H29N3O. The van der Waals surface area contributed by atoms with Gasteiger partial charge in [-0.1, -0.05) is 12.8 Å². The van der Waals surface area contributed by atoms with Gasteiger partial charge in [0.1, 0.15) is 0 Å². The molecule has 1 saturated carbocycles. The van der Waals surface area contributed by atoms with Crippen molar-refractivity contribution in [1.82, 2.24) is 15.1 Å². The number of nitrogens with zero attached hydrogens (tertiary/aromatic N) is 2. The summed E-state index contributed by atoms with van der Waals surface area (Å²) in [7, 11) is 4.13. The van der Waals surface area contributed by atoms with Crippen LogP contribution in [0.5, 0.6) is 0 Å². The fraction of sp³-hybridized carbons (Fsp3) is 0.824. The number of rotatable bonds is 3. The highest BCUT2D eigenvalue weighted by Crippen LogP contribution is 2.45. The maximum Gasteiger partial charge on any atom is 0.0686 e. The van der Waals surface area contributed by atoms with E-state index in [0.717, 1.165) is 13.0 Å². The SMILES string of the molecule is CNC(c1c(C)nn(C)c1C)C1CCOC2(CCCC2)C1. The molecule has 1 aliphatic heterocycles. The third-order valence-electron chi connectivity index (χ3n) is 5.70. The van der Waals surface area contributed by atoms with Gasteiger partial charge in [-0.2, -0.15) is 5.10 Å². The summed E-state index contributed by atoms with van der Waals surface area (Å²) in [6.45, 7) is 5.24. The van der Waals surface area contributed by atoms with Crippen molar-refractivity contribution in [1.29, 1.82) is 0 Å². The Morgan fingerprint density at radius 2 is 2.05 bits per heavy atom. The summed E-state index contributed by atoms with van der Waals surface area (Å²) >= 11 is 0. The fourth-order valence-electron chi connectivity index (χ4n) is 4.57. The molecular weight excluding hydrogens is 262 g/mol. The summed E-state index contributed by atoms with van der Waals surface area (Å²) in [5, 5.41) is 8.19. The van der Waals surface area contributed by atoms with E-state index in [1.165, 1.54) is 49.1 Å². The summed E-state index contributed by atoms with van der Waals surface area (Å²) in [4.78, 5) is 0. The molecule has 2 aliphatic rings. The Labute approximate surface area is 128 Å². The van der Waals surface area contributed by atoms with Gasteiger partial charge in [0.05, 0.1) is 11.3 Å². The number of hydrogen-bond donors (Lipinski definition) is 1. The zero-order valence-corrected chi connectivity index (χ0v) is 13.9. The minimum absolute atomic E-state index is 0.183. The van der Waals surface area contributed by atoms with Crippen LogP contribution in [0.4, 0.5) is 0 Å². The first-order valence-electron chi connectivity index (χ1n) is 8.38. The van der Waals surface area contributed by atoms with Crippen molar-refractivity contribution in [3.8, 4) is 0 Å². The van der Waals surface area contributed by atoms with Crippen molar-refractivity contribution in [2.24, 2.45) is 13.0 Å². The first-order chi connectivity index (χ1) is 10.1. The van der Waals surface area contributed by atoms with E-state index < -0.39 is 0 Å². The van der Waals surface area contributed by atoms with E-state index >= 15 is 0 Å². The van der Waals surface area contributed by atoms with Crippen molar-refractivity contribution in [3.63, 3.8) is 0 Å². The maximum absolute atomic E-state index is 6.20. The van der Waals surface area contributed by atoms with Gasteiger partial charge in [-0.15, -0.1) is 0 Å². The molecule has 1 spiro atoms. The van der Waals surface area contributed by atoms with Gasteiger partial charge in [-0.25, -0.2) is 0 Å². The Morgan fingerprint density at radius 1 is 1.33 bits per heavy atom. The monoisotopic (exact) mass is 291 g/mol. The van der Waals surface area contributed by atoms with E-state index in [1.807, 2.05) is 11.7 Å². The Bertz CT molecular complexity index is 502. The van der Waals surface area contributed by atoms with E-state index in [2.05, 4.69) is 31.3 Å². The summed E-state index contributed by atoms with van der Waals surface area (Å²) in [5.41, 5.74) is 4.04. The normalized spacial score (nSPS) is 26.4. The maximum atomic E-state index is 6.20. The molecule has 0 radical (unpaired) electrons. The highest BCUT2D eigenvalue weighted by atomic mass is 16.5. The van der Waals surface area contributed by atoms with E-state index in [-0.39, 0.29) is 5.60 Å². The van der Waals surface area contributed by atoms with Gasteiger partial charge in [0.2, 0.25) is 0 Å². The van der Waals surface area contributed by atoms with Gasteiger partial charge in [0.25, 0.3) is 0 Å². The third kappa shape index (κ3) is 2.64. The predicted molar refractivity (Wildman–Crippen MR) is 84.4 cm³/mol. The molecule has 3 rings (SSSR count). The molecule has 4 nitrogen and oxygen atoms in total. The summed E-state index contributed by atoms with van der Waals surface area (Å²) in [6.07, 6.45) is 7.53. The Hall–Kier alpha value is -0.870. The molecule has 2 heterocycles. The second kappa shape index (κ2) is 5.73. The van der Waals surface area contributed by atoms with Gasteiger partial charge in [-0.3, -0.25) is 4.68 Å². The predicted octanol–water partition coefficient (Wildman–Crippen LogP) is 3.04. The minimum Gasteiger partial charge on any atom is -0.375 e. The molecule has 1 aromatic rings. The number of aryl methyl sites for hydroxylation is 2. The molecule has 0 amide bonds. The Kier molecular flexibility index (Phi) is 4.10. The van der Waals surface area contributed by atoms with Crippen LogP contribution in [0.25, 0.3) is 0 Å². The second-order valence-electron chi connectivity index (χ2n) is 6.97. The molecule has 1 aromatic heterocycles. The highest BCUT2D eigenvalue weighted by Gasteiger charge is 2.42. The van der Waals surface area contributed by atoms with E-state index in [9.17, 15) is 0 Å².